The van der Waals surface area contributed by atoms with Gasteiger partial charge in [0.1, 0.15) is 0 Å². The van der Waals surface area contributed by atoms with E-state index in [4.69, 9.17) is 7.58 Å². The maximum Gasteiger partial charge on any atom is 0.671 e. The number of rotatable bonds is 1. The molecule has 2 rings (SSSR count). The number of hydrogen-bond donors (Lipinski definition) is 0. The summed E-state index contributed by atoms with van der Waals surface area (Å²) in [6, 6.07) is 10.2. The molecule has 12 heavy (non-hydrogen) atoms. The molecule has 1 heterocycles. The molecule has 0 N–H and O–H groups in total. The van der Waals surface area contributed by atoms with Gasteiger partial charge in [0.05, 0.1) is 6.10 Å². The van der Waals surface area contributed by atoms with E-state index in [0.29, 0.717) is 0 Å². The molecule has 0 spiro atoms. The first-order valence-corrected chi connectivity index (χ1v) is 6.28. The molecule has 1 aliphatic heterocycles. The lowest BCUT2D eigenvalue weighted by atomic mass is 10.1. The van der Waals surface area contributed by atoms with Gasteiger partial charge in [-0.15, -0.1) is 0 Å². The highest BCUT2D eigenvalue weighted by atomic mass is 27.2. The van der Waals surface area contributed by atoms with E-state index in [1.165, 1.54) is 5.56 Å². The summed E-state index contributed by atoms with van der Waals surface area (Å²) in [5, 5.41) is 0. The highest BCUT2D eigenvalue weighted by Gasteiger charge is 2.31. The molecule has 1 aromatic rings. The highest BCUT2D eigenvalue weighted by Crippen LogP contribution is 2.23. The molecule has 0 saturated carbocycles. The normalized spacial score (nSPS) is 23.1. The van der Waals surface area contributed by atoms with E-state index < -0.39 is 14.8 Å². The molecule has 0 amide bonds. The van der Waals surface area contributed by atoms with Crippen molar-refractivity contribution in [3.63, 3.8) is 0 Å². The van der Waals surface area contributed by atoms with Crippen LogP contribution in [0.2, 0.25) is 5.79 Å². The predicted molar refractivity (Wildman–Crippen MR) is 47.8 cm³/mol. The smallest absolute Gasteiger partial charge is 0.476 e. The van der Waals surface area contributed by atoms with Crippen LogP contribution in [0, 0.1) is 0 Å². The SMILES string of the molecule is [CH3][Al]1[O]CC(c2ccccc2)[O]1. The van der Waals surface area contributed by atoms with Crippen LogP contribution in [-0.4, -0.2) is 21.4 Å². The molecule has 1 aliphatic rings. The molecule has 0 aromatic heterocycles. The van der Waals surface area contributed by atoms with Crippen molar-refractivity contribution in [3.8, 4) is 0 Å². The molecule has 3 heteroatoms. The molecule has 62 valence electrons. The molecular formula is C9H11AlO2. The Bertz CT molecular complexity index is 250. The standard InChI is InChI=1S/C8H8O2.CH3.Al/c9-6-8(10)7-4-2-1-3-5-7;;/h1-5,8H,6H2;1H3;/q-2;;+2. The predicted octanol–water partition coefficient (Wildman–Crippen LogP) is 1.89. The van der Waals surface area contributed by atoms with Gasteiger partial charge in [0.2, 0.25) is 0 Å². The van der Waals surface area contributed by atoms with Gasteiger partial charge in [-0.3, -0.25) is 0 Å². The van der Waals surface area contributed by atoms with E-state index >= 15 is 0 Å². The van der Waals surface area contributed by atoms with Crippen LogP contribution < -0.4 is 0 Å². The number of hydrogen-bond acceptors (Lipinski definition) is 2. The van der Waals surface area contributed by atoms with Crippen molar-refractivity contribution in [1.82, 2.24) is 0 Å². The number of benzene rings is 1. The van der Waals surface area contributed by atoms with Crippen LogP contribution >= 0.6 is 0 Å². The zero-order valence-electron chi connectivity index (χ0n) is 7.07. The lowest BCUT2D eigenvalue weighted by molar-refractivity contribution is 0.240. The fourth-order valence-electron chi connectivity index (χ4n) is 1.38. The van der Waals surface area contributed by atoms with Gasteiger partial charge in [-0.25, -0.2) is 0 Å². The Morgan fingerprint density at radius 3 is 2.67 bits per heavy atom. The van der Waals surface area contributed by atoms with Crippen LogP contribution in [0.4, 0.5) is 0 Å². The largest absolute Gasteiger partial charge is 0.671 e. The molecule has 1 aromatic carbocycles. The van der Waals surface area contributed by atoms with Crippen LogP contribution in [0.15, 0.2) is 30.3 Å². The minimum Gasteiger partial charge on any atom is -0.476 e. The van der Waals surface area contributed by atoms with E-state index in [1.807, 2.05) is 18.2 Å². The van der Waals surface area contributed by atoms with Gasteiger partial charge in [-0.2, -0.15) is 0 Å². The van der Waals surface area contributed by atoms with Crippen LogP contribution in [0.1, 0.15) is 11.7 Å². The summed E-state index contributed by atoms with van der Waals surface area (Å²) in [5.41, 5.74) is 1.23. The summed E-state index contributed by atoms with van der Waals surface area (Å²) in [4.78, 5) is 0. The maximum atomic E-state index is 5.66. The summed E-state index contributed by atoms with van der Waals surface area (Å²) >= 11 is -1.28. The van der Waals surface area contributed by atoms with E-state index in [0.717, 1.165) is 6.61 Å². The first-order valence-electron chi connectivity index (χ1n) is 4.18. The van der Waals surface area contributed by atoms with Crippen molar-refractivity contribution in [2.45, 2.75) is 11.9 Å². The fourth-order valence-corrected chi connectivity index (χ4v) is 2.60. The van der Waals surface area contributed by atoms with Gasteiger partial charge < -0.3 is 7.58 Å². The van der Waals surface area contributed by atoms with Gasteiger partial charge in [0.25, 0.3) is 0 Å². The first kappa shape index (κ1) is 8.28. The molecule has 0 aliphatic carbocycles. The second-order valence-electron chi connectivity index (χ2n) is 2.94. The Kier molecular flexibility index (Phi) is 2.48. The molecule has 1 unspecified atom stereocenters. The third-order valence-corrected chi connectivity index (χ3v) is 3.38. The van der Waals surface area contributed by atoms with Gasteiger partial charge in [-0.05, 0) is 5.56 Å². The third kappa shape index (κ3) is 1.70. The molecule has 1 atom stereocenters. The second kappa shape index (κ2) is 3.59. The van der Waals surface area contributed by atoms with E-state index in [9.17, 15) is 0 Å². The van der Waals surface area contributed by atoms with Crippen molar-refractivity contribution in [3.05, 3.63) is 35.9 Å². The zero-order valence-corrected chi connectivity index (χ0v) is 8.22. The third-order valence-electron chi connectivity index (χ3n) is 2.01. The summed E-state index contributed by atoms with van der Waals surface area (Å²) in [5.74, 6) is 2.06. The molecule has 2 nitrogen and oxygen atoms in total. The van der Waals surface area contributed by atoms with Gasteiger partial charge in [0.15, 0.2) is 0 Å². The minimum atomic E-state index is -1.28. The average molecular weight is 178 g/mol. The molecule has 0 radical (unpaired) electrons. The quantitative estimate of drug-likeness (QED) is 0.611. The zero-order chi connectivity index (χ0) is 8.39. The lowest BCUT2D eigenvalue weighted by Crippen LogP contribution is -2.07. The van der Waals surface area contributed by atoms with Crippen LogP contribution in [0.3, 0.4) is 0 Å². The van der Waals surface area contributed by atoms with Crippen molar-refractivity contribution in [2.24, 2.45) is 0 Å². The fraction of sp³-hybridized carbons (Fsp3) is 0.333. The monoisotopic (exact) mass is 178 g/mol. The Hall–Kier alpha value is -0.328. The van der Waals surface area contributed by atoms with Crippen LogP contribution in [0.25, 0.3) is 0 Å². The van der Waals surface area contributed by atoms with Crippen molar-refractivity contribution >= 4 is 14.8 Å². The average Bonchev–Trinajstić information content (AvgIpc) is 2.54. The highest BCUT2D eigenvalue weighted by molar-refractivity contribution is 6.43. The summed E-state index contributed by atoms with van der Waals surface area (Å²) in [6.07, 6.45) is 0.188. The van der Waals surface area contributed by atoms with Crippen LogP contribution in [0.5, 0.6) is 0 Å². The maximum absolute atomic E-state index is 5.66. The molecule has 1 saturated heterocycles. The molecule has 1 fully saturated rings. The molecule has 0 bridgehead atoms. The minimum absolute atomic E-state index is 0.188. The molecular weight excluding hydrogens is 167 g/mol. The topological polar surface area (TPSA) is 18.5 Å². The van der Waals surface area contributed by atoms with E-state index in [1.54, 1.807) is 0 Å². The van der Waals surface area contributed by atoms with E-state index in [2.05, 4.69) is 17.9 Å². The van der Waals surface area contributed by atoms with Gasteiger partial charge in [-0.1, -0.05) is 36.1 Å². The Balaban J connectivity index is 2.11. The Morgan fingerprint density at radius 1 is 1.33 bits per heavy atom. The van der Waals surface area contributed by atoms with Crippen molar-refractivity contribution in [1.29, 1.82) is 0 Å². The first-order chi connectivity index (χ1) is 5.86. The summed E-state index contributed by atoms with van der Waals surface area (Å²) in [6.45, 7) is 0.734. The van der Waals surface area contributed by atoms with Gasteiger partial charge >= 0.3 is 14.8 Å². The Morgan fingerprint density at radius 2 is 2.08 bits per heavy atom. The summed E-state index contributed by atoms with van der Waals surface area (Å²) < 4.78 is 11.1. The summed E-state index contributed by atoms with van der Waals surface area (Å²) in [7, 11) is 0. The van der Waals surface area contributed by atoms with E-state index in [-0.39, 0.29) is 6.10 Å². The second-order valence-corrected chi connectivity index (χ2v) is 4.68. The van der Waals surface area contributed by atoms with Gasteiger partial charge in [0, 0.05) is 6.61 Å². The van der Waals surface area contributed by atoms with Crippen molar-refractivity contribution in [2.75, 3.05) is 6.61 Å². The Labute approximate surface area is 77.2 Å². The van der Waals surface area contributed by atoms with Crippen LogP contribution in [-0.2, 0) is 7.58 Å². The lowest BCUT2D eigenvalue weighted by Gasteiger charge is -2.09. The van der Waals surface area contributed by atoms with Crippen molar-refractivity contribution < 1.29 is 7.58 Å².